The van der Waals surface area contributed by atoms with Crippen molar-refractivity contribution in [2.24, 2.45) is 0 Å². The maximum absolute atomic E-state index is 11.9. The summed E-state index contributed by atoms with van der Waals surface area (Å²) in [5.74, 6) is 0.513. The van der Waals surface area contributed by atoms with Crippen LogP contribution in [0.15, 0.2) is 54.7 Å². The summed E-state index contributed by atoms with van der Waals surface area (Å²) in [4.78, 5) is 20.5. The van der Waals surface area contributed by atoms with E-state index in [1.54, 1.807) is 30.5 Å². The first-order valence-corrected chi connectivity index (χ1v) is 8.25. The molecule has 6 nitrogen and oxygen atoms in total. The summed E-state index contributed by atoms with van der Waals surface area (Å²) in [6.45, 7) is 1.94. The van der Waals surface area contributed by atoms with E-state index in [1.807, 2.05) is 31.2 Å². The Hall–Kier alpha value is -3.12. The molecule has 26 heavy (non-hydrogen) atoms. The molecule has 0 aliphatic rings. The van der Waals surface area contributed by atoms with Crippen molar-refractivity contribution in [1.82, 2.24) is 9.97 Å². The average Bonchev–Trinajstić information content (AvgIpc) is 2.65. The predicted octanol–water partition coefficient (Wildman–Crippen LogP) is 4.71. The Kier molecular flexibility index (Phi) is 5.34. The minimum atomic E-state index is -0.434. The fraction of sp³-hybridized carbons (Fsp3) is 0.105. The average molecular weight is 369 g/mol. The first-order valence-electron chi connectivity index (χ1n) is 7.87. The zero-order chi connectivity index (χ0) is 18.5. The molecule has 0 amide bonds. The van der Waals surface area contributed by atoms with E-state index in [-0.39, 0.29) is 0 Å². The molecule has 0 radical (unpaired) electrons. The Balaban J connectivity index is 1.82. The van der Waals surface area contributed by atoms with E-state index in [4.69, 9.17) is 16.3 Å². The minimum absolute atomic E-state index is 0.351. The number of benzene rings is 2. The summed E-state index contributed by atoms with van der Waals surface area (Å²) in [5, 5.41) is 6.90. The lowest BCUT2D eigenvalue weighted by Gasteiger charge is -2.11. The van der Waals surface area contributed by atoms with Crippen LogP contribution in [-0.4, -0.2) is 23.0 Å². The second-order valence-electron chi connectivity index (χ2n) is 5.52. The van der Waals surface area contributed by atoms with Crippen molar-refractivity contribution < 1.29 is 9.53 Å². The summed E-state index contributed by atoms with van der Waals surface area (Å²) in [7, 11) is 1.34. The van der Waals surface area contributed by atoms with E-state index in [0.717, 1.165) is 11.3 Å². The minimum Gasteiger partial charge on any atom is -0.465 e. The lowest BCUT2D eigenvalue weighted by molar-refractivity contribution is 0.0602. The van der Waals surface area contributed by atoms with Crippen LogP contribution in [0.5, 0.6) is 0 Å². The molecule has 1 aromatic heterocycles. The number of aryl methyl sites for hydroxylation is 1. The summed E-state index contributed by atoms with van der Waals surface area (Å²) < 4.78 is 4.79. The second-order valence-corrected chi connectivity index (χ2v) is 5.92. The maximum Gasteiger partial charge on any atom is 0.339 e. The van der Waals surface area contributed by atoms with E-state index in [1.165, 1.54) is 7.11 Å². The first kappa shape index (κ1) is 17.7. The van der Waals surface area contributed by atoms with Gasteiger partial charge in [0.1, 0.15) is 5.82 Å². The summed E-state index contributed by atoms with van der Waals surface area (Å²) in [5.41, 5.74) is 2.79. The number of halogens is 1. The standard InChI is InChI=1S/C19H17ClN4O2/c1-12-7-8-13(11-15(12)20)22-17-9-10-21-19(24-17)23-16-6-4-3-5-14(16)18(25)26-2/h3-11H,1-2H3,(H2,21,22,23,24). The van der Waals surface area contributed by atoms with Gasteiger partial charge in [-0.05, 0) is 42.8 Å². The normalized spacial score (nSPS) is 10.3. The van der Waals surface area contributed by atoms with Crippen LogP contribution < -0.4 is 10.6 Å². The summed E-state index contributed by atoms with van der Waals surface area (Å²) in [6.07, 6.45) is 1.62. The lowest BCUT2D eigenvalue weighted by Crippen LogP contribution is -2.07. The van der Waals surface area contributed by atoms with Crippen LogP contribution in [0.4, 0.5) is 23.1 Å². The van der Waals surface area contributed by atoms with Crippen molar-refractivity contribution in [2.45, 2.75) is 6.92 Å². The Morgan fingerprint density at radius 3 is 2.69 bits per heavy atom. The zero-order valence-electron chi connectivity index (χ0n) is 14.3. The van der Waals surface area contributed by atoms with Gasteiger partial charge in [-0.25, -0.2) is 9.78 Å². The van der Waals surface area contributed by atoms with Gasteiger partial charge in [0, 0.05) is 16.9 Å². The number of para-hydroxylation sites is 1. The molecular weight excluding hydrogens is 352 g/mol. The van der Waals surface area contributed by atoms with E-state index < -0.39 is 5.97 Å². The lowest BCUT2D eigenvalue weighted by atomic mass is 10.2. The van der Waals surface area contributed by atoms with Crippen LogP contribution in [0.3, 0.4) is 0 Å². The molecule has 0 aliphatic heterocycles. The monoisotopic (exact) mass is 368 g/mol. The smallest absolute Gasteiger partial charge is 0.339 e. The van der Waals surface area contributed by atoms with Gasteiger partial charge in [0.15, 0.2) is 0 Å². The van der Waals surface area contributed by atoms with E-state index in [2.05, 4.69) is 20.6 Å². The van der Waals surface area contributed by atoms with E-state index in [0.29, 0.717) is 28.0 Å². The molecule has 0 saturated carbocycles. The third kappa shape index (κ3) is 4.10. The molecule has 0 bridgehead atoms. The quantitative estimate of drug-likeness (QED) is 0.635. The number of hydrogen-bond donors (Lipinski definition) is 2. The molecule has 0 fully saturated rings. The molecule has 1 heterocycles. The Morgan fingerprint density at radius 1 is 1.12 bits per heavy atom. The fourth-order valence-corrected chi connectivity index (χ4v) is 2.49. The first-order chi connectivity index (χ1) is 12.6. The number of carbonyl (C=O) groups is 1. The third-order valence-electron chi connectivity index (χ3n) is 3.68. The summed E-state index contributed by atoms with van der Waals surface area (Å²) in [6, 6.07) is 14.4. The molecule has 7 heteroatoms. The number of esters is 1. The largest absolute Gasteiger partial charge is 0.465 e. The van der Waals surface area contributed by atoms with Crippen molar-refractivity contribution in [3.8, 4) is 0 Å². The number of nitrogens with zero attached hydrogens (tertiary/aromatic N) is 2. The summed E-state index contributed by atoms with van der Waals surface area (Å²) >= 11 is 6.15. The molecule has 3 rings (SSSR count). The molecule has 2 N–H and O–H groups in total. The third-order valence-corrected chi connectivity index (χ3v) is 4.09. The van der Waals surface area contributed by atoms with Gasteiger partial charge in [-0.2, -0.15) is 4.98 Å². The second kappa shape index (κ2) is 7.84. The van der Waals surface area contributed by atoms with Gasteiger partial charge >= 0.3 is 5.97 Å². The Bertz CT molecular complexity index is 946. The molecule has 0 saturated heterocycles. The highest BCUT2D eigenvalue weighted by Gasteiger charge is 2.12. The van der Waals surface area contributed by atoms with Crippen molar-refractivity contribution >= 4 is 40.7 Å². The number of ether oxygens (including phenoxy) is 1. The zero-order valence-corrected chi connectivity index (χ0v) is 15.0. The van der Waals surface area contributed by atoms with Gasteiger partial charge in [0.2, 0.25) is 5.95 Å². The molecule has 3 aromatic rings. The number of carbonyl (C=O) groups excluding carboxylic acids is 1. The molecule has 132 valence electrons. The highest BCUT2D eigenvalue weighted by atomic mass is 35.5. The van der Waals surface area contributed by atoms with Gasteiger partial charge in [-0.15, -0.1) is 0 Å². The van der Waals surface area contributed by atoms with Crippen LogP contribution in [-0.2, 0) is 4.74 Å². The van der Waals surface area contributed by atoms with Crippen molar-refractivity contribution in [3.63, 3.8) is 0 Å². The Labute approximate surface area is 156 Å². The number of rotatable bonds is 5. The molecule has 0 atom stereocenters. The van der Waals surface area contributed by atoms with E-state index in [9.17, 15) is 4.79 Å². The molecule has 0 unspecified atom stereocenters. The highest BCUT2D eigenvalue weighted by Crippen LogP contribution is 2.24. The Morgan fingerprint density at radius 2 is 1.92 bits per heavy atom. The van der Waals surface area contributed by atoms with Gasteiger partial charge in [0.05, 0.1) is 18.4 Å². The SMILES string of the molecule is COC(=O)c1ccccc1Nc1nccc(Nc2ccc(C)c(Cl)c2)n1. The van der Waals surface area contributed by atoms with Gasteiger partial charge < -0.3 is 15.4 Å². The van der Waals surface area contributed by atoms with Gasteiger partial charge in [-0.3, -0.25) is 0 Å². The number of methoxy groups -OCH3 is 1. The highest BCUT2D eigenvalue weighted by molar-refractivity contribution is 6.31. The van der Waals surface area contributed by atoms with Crippen LogP contribution in [0.25, 0.3) is 0 Å². The van der Waals surface area contributed by atoms with Crippen molar-refractivity contribution in [1.29, 1.82) is 0 Å². The van der Waals surface area contributed by atoms with Crippen molar-refractivity contribution in [2.75, 3.05) is 17.7 Å². The number of hydrogen-bond acceptors (Lipinski definition) is 6. The van der Waals surface area contributed by atoms with Gasteiger partial charge in [0.25, 0.3) is 0 Å². The van der Waals surface area contributed by atoms with Gasteiger partial charge in [-0.1, -0.05) is 29.8 Å². The molecule has 2 aromatic carbocycles. The topological polar surface area (TPSA) is 76.1 Å². The van der Waals surface area contributed by atoms with E-state index >= 15 is 0 Å². The molecular formula is C19H17ClN4O2. The van der Waals surface area contributed by atoms with Crippen molar-refractivity contribution in [3.05, 3.63) is 70.9 Å². The molecule has 0 aliphatic carbocycles. The maximum atomic E-state index is 11.9. The number of anilines is 4. The predicted molar refractivity (Wildman–Crippen MR) is 103 cm³/mol. The number of aromatic nitrogens is 2. The fourth-order valence-electron chi connectivity index (χ4n) is 2.31. The molecule has 0 spiro atoms. The van der Waals surface area contributed by atoms with Crippen LogP contribution >= 0.6 is 11.6 Å². The van der Waals surface area contributed by atoms with Crippen LogP contribution in [0.1, 0.15) is 15.9 Å². The number of nitrogens with one attached hydrogen (secondary N) is 2. The van der Waals surface area contributed by atoms with Crippen LogP contribution in [0.2, 0.25) is 5.02 Å². The van der Waals surface area contributed by atoms with Crippen LogP contribution in [0, 0.1) is 6.92 Å².